The van der Waals surface area contributed by atoms with Crippen LogP contribution in [0.25, 0.3) is 0 Å². The molecule has 1 aromatic rings. The van der Waals surface area contributed by atoms with Crippen LogP contribution in [-0.2, 0) is 6.42 Å². The molecule has 2 rings (SSSR count). The topological polar surface area (TPSA) is 47.3 Å². The van der Waals surface area contributed by atoms with Crippen LogP contribution in [0.1, 0.15) is 36.9 Å². The minimum Gasteiger partial charge on any atom is -0.496 e. The van der Waals surface area contributed by atoms with Gasteiger partial charge in [0.15, 0.2) is 0 Å². The molecular formula is C14H22N2O. The van der Waals surface area contributed by atoms with Crippen LogP contribution >= 0.6 is 0 Å². The Labute approximate surface area is 103 Å². The smallest absolute Gasteiger partial charge is 0.122 e. The summed E-state index contributed by atoms with van der Waals surface area (Å²) in [5, 5.41) is 3.46. The van der Waals surface area contributed by atoms with Crippen molar-refractivity contribution < 1.29 is 4.74 Å². The lowest BCUT2D eigenvalue weighted by molar-refractivity contribution is 0.409. The Hall–Kier alpha value is -1.06. The molecule has 17 heavy (non-hydrogen) atoms. The van der Waals surface area contributed by atoms with Gasteiger partial charge in [0.05, 0.1) is 7.11 Å². The van der Waals surface area contributed by atoms with Gasteiger partial charge >= 0.3 is 0 Å². The van der Waals surface area contributed by atoms with Crippen molar-refractivity contribution in [1.29, 1.82) is 0 Å². The first kappa shape index (κ1) is 12.4. The van der Waals surface area contributed by atoms with E-state index in [9.17, 15) is 0 Å². The van der Waals surface area contributed by atoms with Crippen molar-refractivity contribution in [2.45, 2.75) is 38.3 Å². The lowest BCUT2D eigenvalue weighted by Gasteiger charge is -2.21. The number of methoxy groups -OCH3 is 1. The van der Waals surface area contributed by atoms with Crippen molar-refractivity contribution in [1.82, 2.24) is 5.32 Å². The Morgan fingerprint density at radius 3 is 2.94 bits per heavy atom. The SMILES string of the molecule is CCc1cc(C(N)C2CCCN2)ccc1OC. The first-order valence-electron chi connectivity index (χ1n) is 6.42. The maximum absolute atomic E-state index is 6.31. The van der Waals surface area contributed by atoms with Crippen molar-refractivity contribution in [3.8, 4) is 5.75 Å². The highest BCUT2D eigenvalue weighted by atomic mass is 16.5. The molecule has 0 radical (unpaired) electrons. The Balaban J connectivity index is 2.20. The predicted molar refractivity (Wildman–Crippen MR) is 70.3 cm³/mol. The van der Waals surface area contributed by atoms with Crippen molar-refractivity contribution >= 4 is 0 Å². The van der Waals surface area contributed by atoms with E-state index in [4.69, 9.17) is 10.5 Å². The number of nitrogens with two attached hydrogens (primary N) is 1. The summed E-state index contributed by atoms with van der Waals surface area (Å²) in [6.07, 6.45) is 3.38. The zero-order valence-corrected chi connectivity index (χ0v) is 10.7. The van der Waals surface area contributed by atoms with Gasteiger partial charge in [-0.3, -0.25) is 0 Å². The maximum atomic E-state index is 6.31. The third-order valence-corrected chi connectivity index (χ3v) is 3.60. The zero-order valence-electron chi connectivity index (χ0n) is 10.7. The molecule has 1 saturated heterocycles. The van der Waals surface area contributed by atoms with E-state index in [-0.39, 0.29) is 6.04 Å². The van der Waals surface area contributed by atoms with E-state index in [0.717, 1.165) is 18.7 Å². The van der Waals surface area contributed by atoms with Crippen LogP contribution < -0.4 is 15.8 Å². The van der Waals surface area contributed by atoms with Crippen molar-refractivity contribution in [3.63, 3.8) is 0 Å². The summed E-state index contributed by atoms with van der Waals surface area (Å²) < 4.78 is 5.34. The minimum absolute atomic E-state index is 0.0914. The second-order valence-electron chi connectivity index (χ2n) is 4.65. The molecule has 2 unspecified atom stereocenters. The Morgan fingerprint density at radius 1 is 1.53 bits per heavy atom. The van der Waals surface area contributed by atoms with Gasteiger partial charge in [0.1, 0.15) is 5.75 Å². The lowest BCUT2D eigenvalue weighted by Crippen LogP contribution is -2.34. The van der Waals surface area contributed by atoms with Crippen LogP contribution in [0.3, 0.4) is 0 Å². The Morgan fingerprint density at radius 2 is 2.35 bits per heavy atom. The highest BCUT2D eigenvalue weighted by Gasteiger charge is 2.23. The molecule has 1 aliphatic rings. The molecular weight excluding hydrogens is 212 g/mol. The number of nitrogens with one attached hydrogen (secondary N) is 1. The van der Waals surface area contributed by atoms with Crippen LogP contribution in [0.5, 0.6) is 5.75 Å². The molecule has 1 aliphatic heterocycles. The zero-order chi connectivity index (χ0) is 12.3. The molecule has 2 atom stereocenters. The van der Waals surface area contributed by atoms with E-state index in [0.29, 0.717) is 6.04 Å². The van der Waals surface area contributed by atoms with Gasteiger partial charge in [0, 0.05) is 12.1 Å². The fourth-order valence-electron chi connectivity index (χ4n) is 2.53. The van der Waals surface area contributed by atoms with Gasteiger partial charge in [-0.2, -0.15) is 0 Å². The average Bonchev–Trinajstić information content (AvgIpc) is 2.90. The van der Waals surface area contributed by atoms with E-state index < -0.39 is 0 Å². The normalized spacial score (nSPS) is 21.5. The standard InChI is InChI=1S/C14H22N2O/c1-3-10-9-11(6-7-13(10)17-2)14(15)12-5-4-8-16-12/h6-7,9,12,14,16H,3-5,8,15H2,1-2H3. The van der Waals surface area contributed by atoms with E-state index >= 15 is 0 Å². The van der Waals surface area contributed by atoms with E-state index in [1.807, 2.05) is 6.07 Å². The van der Waals surface area contributed by atoms with Gasteiger partial charge in [-0.1, -0.05) is 19.1 Å². The molecule has 3 nitrogen and oxygen atoms in total. The van der Waals surface area contributed by atoms with E-state index in [1.54, 1.807) is 7.11 Å². The van der Waals surface area contributed by atoms with Crippen LogP contribution in [0, 0.1) is 0 Å². The number of aryl methyl sites for hydroxylation is 1. The number of rotatable bonds is 4. The summed E-state index contributed by atoms with van der Waals surface area (Å²) in [7, 11) is 1.71. The van der Waals surface area contributed by atoms with Gasteiger partial charge in [-0.05, 0) is 43.0 Å². The second kappa shape index (κ2) is 5.52. The first-order chi connectivity index (χ1) is 8.26. The fourth-order valence-corrected chi connectivity index (χ4v) is 2.53. The molecule has 1 fully saturated rings. The van der Waals surface area contributed by atoms with Crippen molar-refractivity contribution in [2.75, 3.05) is 13.7 Å². The number of benzene rings is 1. The van der Waals surface area contributed by atoms with Gasteiger partial charge in [0.2, 0.25) is 0 Å². The molecule has 0 amide bonds. The highest BCUT2D eigenvalue weighted by Crippen LogP contribution is 2.26. The van der Waals surface area contributed by atoms with Gasteiger partial charge < -0.3 is 15.8 Å². The van der Waals surface area contributed by atoms with Crippen molar-refractivity contribution in [3.05, 3.63) is 29.3 Å². The number of ether oxygens (including phenoxy) is 1. The second-order valence-corrected chi connectivity index (χ2v) is 4.65. The fraction of sp³-hybridized carbons (Fsp3) is 0.571. The quantitative estimate of drug-likeness (QED) is 0.837. The molecule has 0 aromatic heterocycles. The summed E-state index contributed by atoms with van der Waals surface area (Å²) in [6.45, 7) is 3.23. The van der Waals surface area contributed by atoms with Crippen LogP contribution in [0.4, 0.5) is 0 Å². The van der Waals surface area contributed by atoms with Crippen LogP contribution in [-0.4, -0.2) is 19.7 Å². The van der Waals surface area contributed by atoms with Gasteiger partial charge in [0.25, 0.3) is 0 Å². The molecule has 3 heteroatoms. The maximum Gasteiger partial charge on any atom is 0.122 e. The largest absolute Gasteiger partial charge is 0.496 e. The molecule has 1 aromatic carbocycles. The summed E-state index contributed by atoms with van der Waals surface area (Å²) in [4.78, 5) is 0. The number of hydrogen-bond donors (Lipinski definition) is 2. The van der Waals surface area contributed by atoms with E-state index in [2.05, 4.69) is 24.4 Å². The highest BCUT2D eigenvalue weighted by molar-refractivity contribution is 5.38. The monoisotopic (exact) mass is 234 g/mol. The molecule has 0 aliphatic carbocycles. The summed E-state index contributed by atoms with van der Waals surface area (Å²) in [6, 6.07) is 6.82. The lowest BCUT2D eigenvalue weighted by atomic mass is 9.96. The summed E-state index contributed by atoms with van der Waals surface area (Å²) in [5.41, 5.74) is 8.76. The minimum atomic E-state index is 0.0914. The van der Waals surface area contributed by atoms with Crippen LogP contribution in [0.2, 0.25) is 0 Å². The summed E-state index contributed by atoms with van der Waals surface area (Å²) >= 11 is 0. The third-order valence-electron chi connectivity index (χ3n) is 3.60. The first-order valence-corrected chi connectivity index (χ1v) is 6.42. The Bertz CT molecular complexity index is 372. The molecule has 94 valence electrons. The average molecular weight is 234 g/mol. The van der Waals surface area contributed by atoms with E-state index in [1.165, 1.54) is 24.0 Å². The molecule has 1 heterocycles. The van der Waals surface area contributed by atoms with Gasteiger partial charge in [-0.15, -0.1) is 0 Å². The molecule has 0 bridgehead atoms. The summed E-state index contributed by atoms with van der Waals surface area (Å²) in [5.74, 6) is 0.961. The third kappa shape index (κ3) is 2.61. The molecule has 0 saturated carbocycles. The van der Waals surface area contributed by atoms with Crippen LogP contribution in [0.15, 0.2) is 18.2 Å². The molecule has 3 N–H and O–H groups in total. The Kier molecular flexibility index (Phi) is 4.02. The number of hydrogen-bond acceptors (Lipinski definition) is 3. The van der Waals surface area contributed by atoms with Crippen molar-refractivity contribution in [2.24, 2.45) is 5.73 Å². The van der Waals surface area contributed by atoms with Gasteiger partial charge in [-0.25, -0.2) is 0 Å². The predicted octanol–water partition coefficient (Wildman–Crippen LogP) is 2.01. The molecule has 0 spiro atoms.